The minimum atomic E-state index is -0.615. The van der Waals surface area contributed by atoms with E-state index in [0.29, 0.717) is 47.4 Å². The quantitative estimate of drug-likeness (QED) is 0.222. The van der Waals surface area contributed by atoms with Gasteiger partial charge in [0.25, 0.3) is 5.91 Å². The maximum absolute atomic E-state index is 13.6. The number of carbonyl (C=O) groups is 1. The molecule has 1 aliphatic rings. The molecule has 1 aliphatic heterocycles. The predicted molar refractivity (Wildman–Crippen MR) is 175 cm³/mol. The topological polar surface area (TPSA) is 201 Å². The molecule has 0 spiro atoms. The summed E-state index contributed by atoms with van der Waals surface area (Å²) < 4.78 is 33.9. The fourth-order valence-electron chi connectivity index (χ4n) is 5.14. The van der Waals surface area contributed by atoms with E-state index in [-0.39, 0.29) is 35.0 Å². The van der Waals surface area contributed by atoms with Crippen LogP contribution in [-0.2, 0) is 12.8 Å². The smallest absolute Gasteiger partial charge is 0.273 e. The van der Waals surface area contributed by atoms with Crippen LogP contribution in [0.2, 0.25) is 0 Å². The molecule has 7 aromatic rings. The number of rotatable bonds is 6. The van der Waals surface area contributed by atoms with Gasteiger partial charge in [-0.2, -0.15) is 0 Å². The molecule has 8 rings (SSSR count). The molecule has 16 nitrogen and oxygen atoms in total. The van der Waals surface area contributed by atoms with E-state index in [4.69, 9.17) is 26.5 Å². The van der Waals surface area contributed by atoms with Crippen molar-refractivity contribution in [2.24, 2.45) is 0 Å². The van der Waals surface area contributed by atoms with Crippen LogP contribution in [-0.4, -0.2) is 67.9 Å². The number of likely N-dealkylation sites (N-methyl/N-ethyl adjacent to an activating group) is 1. The van der Waals surface area contributed by atoms with E-state index in [0.717, 1.165) is 24.3 Å². The van der Waals surface area contributed by atoms with Crippen molar-refractivity contribution < 1.29 is 31.3 Å². The molecule has 16 heteroatoms. The lowest BCUT2D eigenvalue weighted by molar-refractivity contribution is 0.0930. The number of fused-ring (bicyclic) bond motifs is 16. The average molecular weight is 676 g/mol. The van der Waals surface area contributed by atoms with E-state index in [2.05, 4.69) is 45.4 Å². The SMILES string of the molecule is CN(C)CCNc1ccc(CC2NC(=O)c3coc(n3)-c3coc(n3)-c3coc(n3)C=CCc3nc(co3)-c3nc(co3)-c3nc2co3)cc1. The highest BCUT2D eigenvalue weighted by atomic mass is 16.4. The van der Waals surface area contributed by atoms with E-state index in [1.165, 1.54) is 37.6 Å². The Hall–Kier alpha value is -6.55. The van der Waals surface area contributed by atoms with E-state index in [1.54, 1.807) is 12.2 Å². The van der Waals surface area contributed by atoms with Gasteiger partial charge in [0.05, 0.1) is 6.04 Å². The fourth-order valence-corrected chi connectivity index (χ4v) is 5.14. The van der Waals surface area contributed by atoms with Crippen molar-refractivity contribution in [3.05, 3.63) is 96.7 Å². The van der Waals surface area contributed by atoms with Gasteiger partial charge >= 0.3 is 0 Å². The van der Waals surface area contributed by atoms with Crippen LogP contribution in [0, 0.1) is 0 Å². The first-order chi connectivity index (χ1) is 24.4. The first-order valence-electron chi connectivity index (χ1n) is 15.6. The second-order valence-corrected chi connectivity index (χ2v) is 11.7. The van der Waals surface area contributed by atoms with E-state index in [9.17, 15) is 4.79 Å². The lowest BCUT2D eigenvalue weighted by Crippen LogP contribution is -2.30. The number of carbonyl (C=O) groups excluding carboxylic acids is 1. The van der Waals surface area contributed by atoms with Gasteiger partial charge in [-0.05, 0) is 44.3 Å². The molecule has 0 radical (unpaired) electrons. The Bertz CT molecular complexity index is 2270. The van der Waals surface area contributed by atoms with Gasteiger partial charge < -0.3 is 42.0 Å². The van der Waals surface area contributed by atoms with Crippen LogP contribution in [0.3, 0.4) is 0 Å². The molecule has 50 heavy (non-hydrogen) atoms. The number of amides is 1. The van der Waals surface area contributed by atoms with Gasteiger partial charge in [-0.15, -0.1) is 0 Å². The molecule has 7 heterocycles. The fraction of sp³-hybridized carbons (Fsp3) is 0.206. The van der Waals surface area contributed by atoms with Crippen LogP contribution in [0.1, 0.15) is 39.6 Å². The Kier molecular flexibility index (Phi) is 8.10. The summed E-state index contributed by atoms with van der Waals surface area (Å²) >= 11 is 0. The average Bonchev–Trinajstić information content (AvgIpc) is 3.96. The van der Waals surface area contributed by atoms with Crippen LogP contribution in [0.15, 0.2) is 94.4 Å². The Morgan fingerprint density at radius 2 is 1.32 bits per heavy atom. The largest absolute Gasteiger partial charge is 0.448 e. The number of hydrogen-bond acceptors (Lipinski definition) is 15. The summed E-state index contributed by atoms with van der Waals surface area (Å²) in [7, 11) is 4.06. The molecular weight excluding hydrogens is 646 g/mol. The lowest BCUT2D eigenvalue weighted by atomic mass is 10.0. The normalized spacial score (nSPS) is 14.5. The second kappa shape index (κ2) is 13.2. The second-order valence-electron chi connectivity index (χ2n) is 11.7. The van der Waals surface area contributed by atoms with Gasteiger partial charge in [-0.3, -0.25) is 4.79 Å². The maximum atomic E-state index is 13.6. The molecule has 252 valence electrons. The molecule has 1 amide bonds. The van der Waals surface area contributed by atoms with E-state index in [1.807, 2.05) is 38.4 Å². The van der Waals surface area contributed by atoms with Crippen molar-refractivity contribution >= 4 is 17.7 Å². The summed E-state index contributed by atoms with van der Waals surface area (Å²) in [5, 5.41) is 6.43. The Morgan fingerprint density at radius 3 is 2.06 bits per heavy atom. The molecule has 0 fully saturated rings. The van der Waals surface area contributed by atoms with Gasteiger partial charge in [0.2, 0.25) is 29.5 Å². The number of anilines is 1. The highest BCUT2D eigenvalue weighted by Crippen LogP contribution is 2.28. The number of nitrogens with one attached hydrogen (secondary N) is 2. The van der Waals surface area contributed by atoms with Crippen molar-refractivity contribution in [2.75, 3.05) is 32.5 Å². The molecule has 1 aromatic carbocycles. The number of oxazole rings is 6. The van der Waals surface area contributed by atoms with Crippen LogP contribution in [0.25, 0.3) is 52.4 Å². The molecule has 0 aliphatic carbocycles. The van der Waals surface area contributed by atoms with Gasteiger partial charge in [-0.1, -0.05) is 18.2 Å². The molecule has 2 N–H and O–H groups in total. The molecule has 12 bridgehead atoms. The monoisotopic (exact) mass is 675 g/mol. The molecule has 6 aromatic heterocycles. The number of allylic oxidation sites excluding steroid dienone is 1. The molecule has 1 atom stereocenters. The highest BCUT2D eigenvalue weighted by molar-refractivity contribution is 5.92. The number of nitrogens with zero attached hydrogens (tertiary/aromatic N) is 7. The summed E-state index contributed by atoms with van der Waals surface area (Å²) in [5.41, 5.74) is 3.83. The number of benzene rings is 1. The zero-order valence-electron chi connectivity index (χ0n) is 26.8. The Labute approximate surface area is 283 Å². The van der Waals surface area contributed by atoms with Crippen LogP contribution >= 0.6 is 0 Å². The van der Waals surface area contributed by atoms with Gasteiger partial charge in [-0.25, -0.2) is 29.9 Å². The first kappa shape index (κ1) is 30.8. The van der Waals surface area contributed by atoms with Crippen molar-refractivity contribution in [1.29, 1.82) is 0 Å². The summed E-state index contributed by atoms with van der Waals surface area (Å²) in [6, 6.07) is 7.38. The number of aromatic nitrogens is 6. The zero-order chi connectivity index (χ0) is 34.0. The predicted octanol–water partition coefficient (Wildman–Crippen LogP) is 5.54. The van der Waals surface area contributed by atoms with E-state index >= 15 is 0 Å². The van der Waals surface area contributed by atoms with Gasteiger partial charge in [0, 0.05) is 25.2 Å². The minimum absolute atomic E-state index is 0.0372. The number of hydrogen-bond donors (Lipinski definition) is 2. The Balaban J connectivity index is 1.11. The maximum Gasteiger partial charge on any atom is 0.273 e. The third kappa shape index (κ3) is 6.59. The van der Waals surface area contributed by atoms with Crippen LogP contribution in [0.4, 0.5) is 5.69 Å². The summed E-state index contributed by atoms with van der Waals surface area (Å²) in [5.74, 6) is 0.954. The Morgan fingerprint density at radius 1 is 0.720 bits per heavy atom. The first-order valence-corrected chi connectivity index (χ1v) is 15.6. The summed E-state index contributed by atoms with van der Waals surface area (Å²) in [4.78, 5) is 42.5. The van der Waals surface area contributed by atoms with Crippen molar-refractivity contribution in [2.45, 2.75) is 18.9 Å². The summed E-state index contributed by atoms with van der Waals surface area (Å²) in [6.45, 7) is 1.71. The van der Waals surface area contributed by atoms with Crippen LogP contribution in [0.5, 0.6) is 0 Å². The third-order valence-electron chi connectivity index (χ3n) is 7.71. The van der Waals surface area contributed by atoms with E-state index < -0.39 is 11.9 Å². The van der Waals surface area contributed by atoms with Crippen molar-refractivity contribution in [1.82, 2.24) is 40.1 Å². The summed E-state index contributed by atoms with van der Waals surface area (Å²) in [6.07, 6.45) is 12.6. The molecule has 0 saturated heterocycles. The lowest BCUT2D eigenvalue weighted by Gasteiger charge is -2.16. The standard InChI is InChI=1S/C34H29N9O7/c1-43(2)11-10-35-20-8-6-19(7-9-20)12-21-22-13-47-33(39-22)26-17-49-31(41-26)24-15-45-28(36-24)4-3-5-29-37-25(16-46-29)32-42-27(18-50-32)34-40-23(14-48-34)30(44)38-21/h3,5-9,13-18,21,35H,4,10-12H2,1-2H3,(H,38,44). The van der Waals surface area contributed by atoms with Gasteiger partial charge in [0.1, 0.15) is 43.3 Å². The van der Waals surface area contributed by atoms with Crippen molar-refractivity contribution in [3.63, 3.8) is 0 Å². The molecule has 0 saturated carbocycles. The zero-order valence-corrected chi connectivity index (χ0v) is 26.8. The van der Waals surface area contributed by atoms with Crippen molar-refractivity contribution in [3.8, 4) is 46.3 Å². The van der Waals surface area contributed by atoms with Crippen LogP contribution < -0.4 is 10.6 Å². The third-order valence-corrected chi connectivity index (χ3v) is 7.71. The molecule has 1 unspecified atom stereocenters. The molecular formula is C34H29N9O7. The minimum Gasteiger partial charge on any atom is -0.448 e. The highest BCUT2D eigenvalue weighted by Gasteiger charge is 2.25. The van der Waals surface area contributed by atoms with Gasteiger partial charge in [0.15, 0.2) is 34.4 Å².